The van der Waals surface area contributed by atoms with Crippen molar-refractivity contribution in [2.24, 2.45) is 0 Å². The molecule has 25 heavy (non-hydrogen) atoms. The van der Waals surface area contributed by atoms with E-state index >= 15 is 0 Å². The van der Waals surface area contributed by atoms with Crippen LogP contribution in [0, 0.1) is 12.7 Å². The Balaban J connectivity index is 1.57. The summed E-state index contributed by atoms with van der Waals surface area (Å²) in [7, 11) is 0. The Morgan fingerprint density at radius 3 is 2.40 bits per heavy atom. The molecule has 0 radical (unpaired) electrons. The number of hydrogen-bond acceptors (Lipinski definition) is 2. The number of benzene rings is 2. The van der Waals surface area contributed by atoms with Crippen molar-refractivity contribution in [3.05, 3.63) is 64.4 Å². The Bertz CT molecular complexity index is 817. The number of hydrogen-bond donors (Lipinski definition) is 2. The molecule has 2 aromatic carbocycles. The largest absolute Gasteiger partial charge is 0.347 e. The molecule has 0 aliphatic heterocycles. The molecule has 130 valence electrons. The summed E-state index contributed by atoms with van der Waals surface area (Å²) in [6.45, 7) is 2.20. The summed E-state index contributed by atoms with van der Waals surface area (Å²) in [5.41, 5.74) is 2.13. The van der Waals surface area contributed by atoms with Crippen molar-refractivity contribution in [3.63, 3.8) is 0 Å². The maximum Gasteiger partial charge on any atom is 0.313 e. The first-order chi connectivity index (χ1) is 11.9. The molecule has 2 aromatic rings. The first-order valence-electron chi connectivity index (χ1n) is 8.01. The SMILES string of the molecule is Cc1ccc(NC(=O)C(=O)NCC2(c3ccc(F)cc3)CC2)cc1Cl. The van der Waals surface area contributed by atoms with Gasteiger partial charge in [-0.05, 0) is 55.2 Å². The van der Waals surface area contributed by atoms with Gasteiger partial charge in [0.15, 0.2) is 0 Å². The van der Waals surface area contributed by atoms with Crippen molar-refractivity contribution >= 4 is 29.1 Å². The molecule has 0 atom stereocenters. The van der Waals surface area contributed by atoms with Crippen LogP contribution in [0.5, 0.6) is 0 Å². The molecule has 1 aliphatic rings. The van der Waals surface area contributed by atoms with E-state index in [0.717, 1.165) is 24.0 Å². The number of rotatable bonds is 4. The normalized spacial score (nSPS) is 14.7. The van der Waals surface area contributed by atoms with Gasteiger partial charge >= 0.3 is 11.8 Å². The Morgan fingerprint density at radius 2 is 1.80 bits per heavy atom. The fourth-order valence-electron chi connectivity index (χ4n) is 2.71. The molecule has 4 nitrogen and oxygen atoms in total. The summed E-state index contributed by atoms with van der Waals surface area (Å²) < 4.78 is 13.0. The van der Waals surface area contributed by atoms with E-state index in [4.69, 9.17) is 11.6 Å². The van der Waals surface area contributed by atoms with Crippen molar-refractivity contribution in [1.29, 1.82) is 0 Å². The average molecular weight is 361 g/mol. The topological polar surface area (TPSA) is 58.2 Å². The van der Waals surface area contributed by atoms with Crippen LogP contribution in [0.2, 0.25) is 5.02 Å². The molecule has 2 N–H and O–H groups in total. The second kappa shape index (κ2) is 6.84. The van der Waals surface area contributed by atoms with Crippen molar-refractivity contribution in [1.82, 2.24) is 5.32 Å². The highest BCUT2D eigenvalue weighted by atomic mass is 35.5. The summed E-state index contributed by atoms with van der Waals surface area (Å²) in [6, 6.07) is 11.3. The molecule has 6 heteroatoms. The zero-order valence-electron chi connectivity index (χ0n) is 13.7. The highest BCUT2D eigenvalue weighted by Crippen LogP contribution is 2.47. The third kappa shape index (κ3) is 3.99. The molecule has 0 spiro atoms. The lowest BCUT2D eigenvalue weighted by molar-refractivity contribution is -0.136. The predicted molar refractivity (Wildman–Crippen MR) is 95.1 cm³/mol. The second-order valence-electron chi connectivity index (χ2n) is 6.39. The molecule has 1 aliphatic carbocycles. The van der Waals surface area contributed by atoms with E-state index in [2.05, 4.69) is 10.6 Å². The summed E-state index contributed by atoms with van der Waals surface area (Å²) >= 11 is 6.01. The van der Waals surface area contributed by atoms with Crippen LogP contribution in [0.4, 0.5) is 10.1 Å². The fourth-order valence-corrected chi connectivity index (χ4v) is 2.89. The molecule has 0 heterocycles. The van der Waals surface area contributed by atoms with Gasteiger partial charge in [-0.15, -0.1) is 0 Å². The van der Waals surface area contributed by atoms with Crippen LogP contribution in [-0.4, -0.2) is 18.4 Å². The summed E-state index contributed by atoms with van der Waals surface area (Å²) in [5.74, 6) is -1.74. The van der Waals surface area contributed by atoms with Crippen LogP contribution in [0.3, 0.4) is 0 Å². The zero-order valence-corrected chi connectivity index (χ0v) is 14.5. The van der Waals surface area contributed by atoms with Crippen molar-refractivity contribution < 1.29 is 14.0 Å². The Morgan fingerprint density at radius 1 is 1.12 bits per heavy atom. The van der Waals surface area contributed by atoms with E-state index in [-0.39, 0.29) is 11.2 Å². The lowest BCUT2D eigenvalue weighted by atomic mass is 9.96. The molecule has 0 unspecified atom stereocenters. The van der Waals surface area contributed by atoms with Gasteiger partial charge in [-0.25, -0.2) is 4.39 Å². The number of anilines is 1. The van der Waals surface area contributed by atoms with Gasteiger partial charge < -0.3 is 10.6 Å². The third-order valence-electron chi connectivity index (χ3n) is 4.53. The minimum Gasteiger partial charge on any atom is -0.347 e. The molecule has 3 rings (SSSR count). The first kappa shape index (κ1) is 17.4. The number of amides is 2. The zero-order chi connectivity index (χ0) is 18.0. The maximum absolute atomic E-state index is 13.0. The van der Waals surface area contributed by atoms with E-state index in [1.807, 2.05) is 6.92 Å². The van der Waals surface area contributed by atoms with Crippen LogP contribution < -0.4 is 10.6 Å². The van der Waals surface area contributed by atoms with Gasteiger partial charge in [0.2, 0.25) is 0 Å². The van der Waals surface area contributed by atoms with E-state index in [0.29, 0.717) is 17.3 Å². The molecule has 1 saturated carbocycles. The standard InChI is InChI=1S/C19H18ClFN2O2/c1-12-2-7-15(10-16(12)20)23-18(25)17(24)22-11-19(8-9-19)13-3-5-14(21)6-4-13/h2-7,10H,8-9,11H2,1H3,(H,22,24)(H,23,25). The highest BCUT2D eigenvalue weighted by molar-refractivity contribution is 6.40. The van der Waals surface area contributed by atoms with E-state index in [1.165, 1.54) is 12.1 Å². The lowest BCUT2D eigenvalue weighted by Crippen LogP contribution is -2.39. The minimum atomic E-state index is -0.741. The summed E-state index contributed by atoms with van der Waals surface area (Å²) in [6.07, 6.45) is 1.79. The average Bonchev–Trinajstić information content (AvgIpc) is 3.38. The molecule has 1 fully saturated rings. The molecule has 0 saturated heterocycles. The monoisotopic (exact) mass is 360 g/mol. The molecular formula is C19H18ClFN2O2. The lowest BCUT2D eigenvalue weighted by Gasteiger charge is -2.16. The van der Waals surface area contributed by atoms with Crippen LogP contribution in [0.1, 0.15) is 24.0 Å². The van der Waals surface area contributed by atoms with Crippen LogP contribution in [0.25, 0.3) is 0 Å². The summed E-state index contributed by atoms with van der Waals surface area (Å²) in [4.78, 5) is 24.1. The second-order valence-corrected chi connectivity index (χ2v) is 6.80. The van der Waals surface area contributed by atoms with Crippen LogP contribution >= 0.6 is 11.6 Å². The van der Waals surface area contributed by atoms with Gasteiger partial charge in [-0.2, -0.15) is 0 Å². The molecule has 0 bridgehead atoms. The van der Waals surface area contributed by atoms with Crippen LogP contribution in [0.15, 0.2) is 42.5 Å². The van der Waals surface area contributed by atoms with Gasteiger partial charge in [-0.3, -0.25) is 9.59 Å². The van der Waals surface area contributed by atoms with E-state index in [9.17, 15) is 14.0 Å². The van der Waals surface area contributed by atoms with E-state index in [1.54, 1.807) is 30.3 Å². The number of carbonyl (C=O) groups excluding carboxylic acids is 2. The van der Waals surface area contributed by atoms with E-state index < -0.39 is 11.8 Å². The van der Waals surface area contributed by atoms with Crippen molar-refractivity contribution in [2.75, 3.05) is 11.9 Å². The fraction of sp³-hybridized carbons (Fsp3) is 0.263. The van der Waals surface area contributed by atoms with Gasteiger partial charge in [0.25, 0.3) is 0 Å². The molecular weight excluding hydrogens is 343 g/mol. The Hall–Kier alpha value is -2.40. The first-order valence-corrected chi connectivity index (χ1v) is 8.39. The number of halogens is 2. The molecule has 2 amide bonds. The number of carbonyl (C=O) groups is 2. The Labute approximate surface area is 150 Å². The smallest absolute Gasteiger partial charge is 0.313 e. The van der Waals surface area contributed by atoms with Gasteiger partial charge in [0.05, 0.1) is 0 Å². The minimum absolute atomic E-state index is 0.198. The maximum atomic E-state index is 13.0. The quantitative estimate of drug-likeness (QED) is 0.819. The summed E-state index contributed by atoms with van der Waals surface area (Å²) in [5, 5.41) is 5.72. The van der Waals surface area contributed by atoms with Crippen molar-refractivity contribution in [3.8, 4) is 0 Å². The van der Waals surface area contributed by atoms with Crippen molar-refractivity contribution in [2.45, 2.75) is 25.2 Å². The predicted octanol–water partition coefficient (Wildman–Crippen LogP) is 3.57. The highest BCUT2D eigenvalue weighted by Gasteiger charge is 2.44. The number of nitrogens with one attached hydrogen (secondary N) is 2. The molecule has 0 aromatic heterocycles. The third-order valence-corrected chi connectivity index (χ3v) is 4.94. The van der Waals surface area contributed by atoms with Gasteiger partial charge in [0.1, 0.15) is 5.82 Å². The number of aryl methyl sites for hydroxylation is 1. The Kier molecular flexibility index (Phi) is 4.77. The van der Waals surface area contributed by atoms with Gasteiger partial charge in [0, 0.05) is 22.7 Å². The van der Waals surface area contributed by atoms with Gasteiger partial charge in [-0.1, -0.05) is 29.8 Å². The van der Waals surface area contributed by atoms with Crippen LogP contribution in [-0.2, 0) is 15.0 Å².